The maximum absolute atomic E-state index is 12.2. The first-order valence-corrected chi connectivity index (χ1v) is 10.1. The van der Waals surface area contributed by atoms with Crippen molar-refractivity contribution < 1.29 is 9.59 Å². The molecular formula is C19H13Cl2N5O2S. The summed E-state index contributed by atoms with van der Waals surface area (Å²) in [6.07, 6.45) is 0. The van der Waals surface area contributed by atoms with Crippen LogP contribution in [-0.2, 0) is 4.79 Å². The quantitative estimate of drug-likeness (QED) is 0.483. The monoisotopic (exact) mass is 445 g/mol. The molecule has 2 aromatic carbocycles. The van der Waals surface area contributed by atoms with E-state index in [1.807, 2.05) is 11.4 Å². The minimum atomic E-state index is -0.435. The Labute approximate surface area is 179 Å². The number of fused-ring (bicyclic) bond motifs is 1. The summed E-state index contributed by atoms with van der Waals surface area (Å²) in [5.41, 5.74) is 1.90. The number of rotatable bonds is 5. The molecule has 0 aliphatic heterocycles. The first-order chi connectivity index (χ1) is 14.0. The third-order valence-electron chi connectivity index (χ3n) is 3.98. The lowest BCUT2D eigenvalue weighted by molar-refractivity contribution is -0.115. The average Bonchev–Trinajstić information content (AvgIpc) is 3.29. The van der Waals surface area contributed by atoms with Gasteiger partial charge in [0.15, 0.2) is 0 Å². The molecule has 2 aromatic heterocycles. The summed E-state index contributed by atoms with van der Waals surface area (Å²) in [7, 11) is 0. The molecule has 4 rings (SSSR count). The fourth-order valence-corrected chi connectivity index (χ4v) is 3.84. The van der Waals surface area contributed by atoms with Crippen LogP contribution in [-0.4, -0.2) is 33.0 Å². The van der Waals surface area contributed by atoms with Crippen LogP contribution in [0.15, 0.2) is 53.9 Å². The van der Waals surface area contributed by atoms with Crippen LogP contribution in [0, 0.1) is 0 Å². The SMILES string of the molecule is O=C(CNC(=O)c1ccccc1)Nc1nc2scc(-c3cc(Cl)ccc3Cl)n2n1. The van der Waals surface area contributed by atoms with Crippen LogP contribution in [0.5, 0.6) is 0 Å². The molecule has 29 heavy (non-hydrogen) atoms. The molecule has 0 fully saturated rings. The van der Waals surface area contributed by atoms with E-state index in [0.717, 1.165) is 0 Å². The Balaban J connectivity index is 1.46. The highest BCUT2D eigenvalue weighted by molar-refractivity contribution is 7.15. The van der Waals surface area contributed by atoms with E-state index in [9.17, 15) is 9.59 Å². The van der Waals surface area contributed by atoms with Gasteiger partial charge in [0.1, 0.15) is 0 Å². The van der Waals surface area contributed by atoms with Crippen molar-refractivity contribution in [3.05, 3.63) is 69.5 Å². The molecule has 0 aliphatic carbocycles. The number of amides is 2. The summed E-state index contributed by atoms with van der Waals surface area (Å²) in [6, 6.07) is 13.8. The topological polar surface area (TPSA) is 88.4 Å². The molecular weight excluding hydrogens is 433 g/mol. The predicted octanol–water partition coefficient (Wildman–Crippen LogP) is 4.13. The summed E-state index contributed by atoms with van der Waals surface area (Å²) in [5.74, 6) is -0.637. The number of carbonyl (C=O) groups is 2. The summed E-state index contributed by atoms with van der Waals surface area (Å²) in [6.45, 7) is -0.201. The zero-order valence-electron chi connectivity index (χ0n) is 14.7. The van der Waals surface area contributed by atoms with Crippen molar-refractivity contribution in [1.29, 1.82) is 0 Å². The minimum Gasteiger partial charge on any atom is -0.343 e. The van der Waals surface area contributed by atoms with Crippen LogP contribution in [0.4, 0.5) is 5.95 Å². The van der Waals surface area contributed by atoms with Crippen LogP contribution >= 0.6 is 34.5 Å². The smallest absolute Gasteiger partial charge is 0.251 e. The summed E-state index contributed by atoms with van der Waals surface area (Å²) in [5, 5.41) is 12.4. The molecule has 2 amide bonds. The molecule has 0 spiro atoms. The van der Waals surface area contributed by atoms with E-state index in [0.29, 0.717) is 31.8 Å². The maximum Gasteiger partial charge on any atom is 0.251 e. The van der Waals surface area contributed by atoms with Crippen LogP contribution in [0.2, 0.25) is 10.0 Å². The van der Waals surface area contributed by atoms with E-state index in [4.69, 9.17) is 23.2 Å². The van der Waals surface area contributed by atoms with Crippen molar-refractivity contribution in [1.82, 2.24) is 19.9 Å². The van der Waals surface area contributed by atoms with Crippen LogP contribution in [0.1, 0.15) is 10.4 Å². The van der Waals surface area contributed by atoms with Gasteiger partial charge in [-0.15, -0.1) is 16.4 Å². The van der Waals surface area contributed by atoms with Crippen LogP contribution in [0.3, 0.4) is 0 Å². The lowest BCUT2D eigenvalue weighted by Gasteiger charge is -2.05. The number of benzene rings is 2. The van der Waals surface area contributed by atoms with E-state index in [-0.39, 0.29) is 18.4 Å². The highest BCUT2D eigenvalue weighted by Gasteiger charge is 2.16. The summed E-state index contributed by atoms with van der Waals surface area (Å²) < 4.78 is 1.58. The Hall–Kier alpha value is -2.94. The molecule has 0 bridgehead atoms. The third kappa shape index (κ3) is 4.24. The first kappa shape index (κ1) is 19.4. The molecule has 0 saturated carbocycles. The molecule has 0 atom stereocenters. The van der Waals surface area contributed by atoms with Gasteiger partial charge in [-0.1, -0.05) is 41.4 Å². The molecule has 10 heteroatoms. The van der Waals surface area contributed by atoms with Gasteiger partial charge < -0.3 is 5.32 Å². The van der Waals surface area contributed by atoms with Crippen LogP contribution in [0.25, 0.3) is 16.2 Å². The molecule has 146 valence electrons. The Kier molecular flexibility index (Phi) is 5.48. The number of anilines is 1. The lowest BCUT2D eigenvalue weighted by Crippen LogP contribution is -2.33. The number of halogens is 2. The zero-order chi connectivity index (χ0) is 20.4. The number of aromatic nitrogens is 3. The van der Waals surface area contributed by atoms with E-state index >= 15 is 0 Å². The third-order valence-corrected chi connectivity index (χ3v) is 5.36. The summed E-state index contributed by atoms with van der Waals surface area (Å²) in [4.78, 5) is 29.0. The highest BCUT2D eigenvalue weighted by Crippen LogP contribution is 2.33. The molecule has 2 heterocycles. The van der Waals surface area contributed by atoms with Gasteiger partial charge in [-0.25, -0.2) is 4.52 Å². The van der Waals surface area contributed by atoms with E-state index < -0.39 is 5.91 Å². The van der Waals surface area contributed by atoms with Crippen molar-refractivity contribution in [2.24, 2.45) is 0 Å². The van der Waals surface area contributed by atoms with Crippen molar-refractivity contribution in [3.8, 4) is 11.3 Å². The van der Waals surface area contributed by atoms with Crippen molar-refractivity contribution >= 4 is 57.3 Å². The molecule has 2 N–H and O–H groups in total. The molecule has 0 unspecified atom stereocenters. The minimum absolute atomic E-state index is 0.134. The first-order valence-electron chi connectivity index (χ1n) is 8.44. The second-order valence-corrected chi connectivity index (χ2v) is 7.65. The Morgan fingerprint density at radius 1 is 1.10 bits per heavy atom. The van der Waals surface area contributed by atoms with E-state index in [1.165, 1.54) is 11.3 Å². The number of hydrogen-bond acceptors (Lipinski definition) is 5. The Morgan fingerprint density at radius 3 is 2.69 bits per heavy atom. The highest BCUT2D eigenvalue weighted by atomic mass is 35.5. The molecule has 4 aromatic rings. The molecule has 0 saturated heterocycles. The second-order valence-electron chi connectivity index (χ2n) is 5.97. The normalized spacial score (nSPS) is 10.8. The fraction of sp³-hybridized carbons (Fsp3) is 0.0526. The van der Waals surface area contributed by atoms with Crippen molar-refractivity contribution in [2.75, 3.05) is 11.9 Å². The zero-order valence-corrected chi connectivity index (χ0v) is 17.1. The summed E-state index contributed by atoms with van der Waals surface area (Å²) >= 11 is 13.7. The Morgan fingerprint density at radius 2 is 1.90 bits per heavy atom. The van der Waals surface area contributed by atoms with Gasteiger partial charge >= 0.3 is 0 Å². The number of hydrogen-bond donors (Lipinski definition) is 2. The fourth-order valence-electron chi connectivity index (χ4n) is 2.63. The van der Waals surface area contributed by atoms with Gasteiger partial charge in [-0.2, -0.15) is 4.98 Å². The van der Waals surface area contributed by atoms with Crippen molar-refractivity contribution in [3.63, 3.8) is 0 Å². The number of carbonyl (C=O) groups excluding carboxylic acids is 2. The Bertz CT molecular complexity index is 1210. The van der Waals surface area contributed by atoms with Gasteiger partial charge in [0.25, 0.3) is 11.9 Å². The van der Waals surface area contributed by atoms with Crippen molar-refractivity contribution in [2.45, 2.75) is 0 Å². The predicted molar refractivity (Wildman–Crippen MR) is 114 cm³/mol. The second kappa shape index (κ2) is 8.20. The largest absolute Gasteiger partial charge is 0.343 e. The maximum atomic E-state index is 12.2. The molecule has 0 aliphatic rings. The van der Waals surface area contributed by atoms with E-state index in [2.05, 4.69) is 20.7 Å². The van der Waals surface area contributed by atoms with Gasteiger partial charge in [0.2, 0.25) is 10.9 Å². The number of nitrogens with one attached hydrogen (secondary N) is 2. The number of nitrogens with zero attached hydrogens (tertiary/aromatic N) is 3. The average molecular weight is 446 g/mol. The lowest BCUT2D eigenvalue weighted by atomic mass is 10.2. The van der Waals surface area contributed by atoms with Gasteiger partial charge in [0.05, 0.1) is 17.3 Å². The number of thiazole rings is 1. The van der Waals surface area contributed by atoms with Crippen LogP contribution < -0.4 is 10.6 Å². The van der Waals surface area contributed by atoms with Gasteiger partial charge in [-0.3, -0.25) is 14.9 Å². The molecule has 7 nitrogen and oxygen atoms in total. The van der Waals surface area contributed by atoms with Gasteiger partial charge in [0, 0.05) is 21.5 Å². The standard InChI is InChI=1S/C19H13Cl2N5O2S/c20-12-6-7-14(21)13(8-12)15-10-29-19-24-18(25-26(15)19)23-16(27)9-22-17(28)11-4-2-1-3-5-11/h1-8,10H,9H2,(H,22,28)(H,23,25,27). The van der Waals surface area contributed by atoms with E-state index in [1.54, 1.807) is 47.0 Å². The molecule has 0 radical (unpaired) electrons. The van der Waals surface area contributed by atoms with Gasteiger partial charge in [-0.05, 0) is 30.3 Å².